The fourth-order valence-electron chi connectivity index (χ4n) is 2.15. The first kappa shape index (κ1) is 15.4. The molecule has 0 saturated heterocycles. The Hall–Kier alpha value is -1.95. The molecule has 1 heterocycles. The number of esters is 1. The molecule has 6 nitrogen and oxygen atoms in total. The number of methoxy groups -OCH3 is 1. The third-order valence-corrected chi connectivity index (χ3v) is 3.18. The first-order valence-corrected chi connectivity index (χ1v) is 7.04. The molecule has 0 aliphatic carbocycles. The van der Waals surface area contributed by atoms with E-state index < -0.39 is 12.0 Å². The Morgan fingerprint density at radius 3 is 2.62 bits per heavy atom. The van der Waals surface area contributed by atoms with Crippen molar-refractivity contribution in [2.24, 2.45) is 5.73 Å². The summed E-state index contributed by atoms with van der Waals surface area (Å²) >= 11 is 0. The molecule has 2 N–H and O–H groups in total. The lowest BCUT2D eigenvalue weighted by molar-refractivity contribution is -0.144. The highest BCUT2D eigenvalue weighted by molar-refractivity contribution is 5.76. The molecule has 1 aliphatic rings. The van der Waals surface area contributed by atoms with Gasteiger partial charge in [0, 0.05) is 24.5 Å². The van der Waals surface area contributed by atoms with E-state index >= 15 is 0 Å². The topological polar surface area (TPSA) is 80.0 Å². The first-order chi connectivity index (χ1) is 10.2. The van der Waals surface area contributed by atoms with Crippen LogP contribution in [0.15, 0.2) is 12.1 Å². The minimum Gasteiger partial charge on any atom is -0.496 e. The summed E-state index contributed by atoms with van der Waals surface area (Å²) < 4.78 is 21.5. The highest BCUT2D eigenvalue weighted by atomic mass is 16.5. The van der Waals surface area contributed by atoms with Gasteiger partial charge >= 0.3 is 5.97 Å². The van der Waals surface area contributed by atoms with Crippen molar-refractivity contribution < 1.29 is 23.7 Å². The predicted octanol–water partition coefficient (Wildman–Crippen LogP) is 1.29. The number of carbonyl (C=O) groups is 1. The van der Waals surface area contributed by atoms with E-state index in [1.807, 2.05) is 6.07 Å². The number of fused-ring (bicyclic) bond motifs is 1. The van der Waals surface area contributed by atoms with Crippen molar-refractivity contribution in [3.63, 3.8) is 0 Å². The second-order valence-corrected chi connectivity index (χ2v) is 4.72. The van der Waals surface area contributed by atoms with Gasteiger partial charge in [0.15, 0.2) is 11.5 Å². The molecule has 0 bridgehead atoms. The van der Waals surface area contributed by atoms with E-state index in [9.17, 15) is 4.79 Å². The summed E-state index contributed by atoms with van der Waals surface area (Å²) in [6, 6.07) is 2.86. The molecule has 21 heavy (non-hydrogen) atoms. The van der Waals surface area contributed by atoms with Gasteiger partial charge in [-0.05, 0) is 13.0 Å². The van der Waals surface area contributed by atoms with Gasteiger partial charge in [-0.3, -0.25) is 4.79 Å². The molecule has 0 spiro atoms. The first-order valence-electron chi connectivity index (χ1n) is 7.04. The smallest absolute Gasteiger partial charge is 0.323 e. The summed E-state index contributed by atoms with van der Waals surface area (Å²) in [6.45, 7) is 3.27. The van der Waals surface area contributed by atoms with Gasteiger partial charge < -0.3 is 24.7 Å². The van der Waals surface area contributed by atoms with Crippen LogP contribution in [-0.4, -0.2) is 38.9 Å². The van der Waals surface area contributed by atoms with Crippen LogP contribution in [-0.2, 0) is 16.0 Å². The lowest BCUT2D eigenvalue weighted by Gasteiger charge is -2.16. The molecule has 1 aromatic carbocycles. The van der Waals surface area contributed by atoms with Crippen molar-refractivity contribution in [1.82, 2.24) is 0 Å². The number of hydrogen-bond donors (Lipinski definition) is 1. The molecular formula is C15H21NO5. The average molecular weight is 295 g/mol. The summed E-state index contributed by atoms with van der Waals surface area (Å²) in [7, 11) is 1.57. The molecule has 1 atom stereocenters. The van der Waals surface area contributed by atoms with Crippen molar-refractivity contribution in [2.45, 2.75) is 25.8 Å². The number of benzene rings is 1. The molecule has 0 fully saturated rings. The quantitative estimate of drug-likeness (QED) is 0.825. The third kappa shape index (κ3) is 3.78. The lowest BCUT2D eigenvalue weighted by atomic mass is 10.0. The Morgan fingerprint density at radius 1 is 1.33 bits per heavy atom. The van der Waals surface area contributed by atoms with E-state index in [-0.39, 0.29) is 0 Å². The molecule has 1 aliphatic heterocycles. The zero-order valence-corrected chi connectivity index (χ0v) is 12.4. The molecule has 2 rings (SSSR count). The normalized spacial score (nSPS) is 15.0. The van der Waals surface area contributed by atoms with Crippen LogP contribution >= 0.6 is 0 Å². The predicted molar refractivity (Wildman–Crippen MR) is 76.9 cm³/mol. The van der Waals surface area contributed by atoms with Gasteiger partial charge in [-0.1, -0.05) is 0 Å². The molecule has 1 aromatic rings. The van der Waals surface area contributed by atoms with Crippen LogP contribution in [0.5, 0.6) is 17.2 Å². The van der Waals surface area contributed by atoms with Crippen molar-refractivity contribution in [2.75, 3.05) is 26.9 Å². The van der Waals surface area contributed by atoms with Gasteiger partial charge in [0.1, 0.15) is 11.8 Å². The molecule has 0 saturated carbocycles. The maximum Gasteiger partial charge on any atom is 0.323 e. The van der Waals surface area contributed by atoms with E-state index in [1.54, 1.807) is 20.1 Å². The zero-order valence-electron chi connectivity index (χ0n) is 12.4. The lowest BCUT2D eigenvalue weighted by Crippen LogP contribution is -2.34. The maximum absolute atomic E-state index is 11.6. The molecule has 1 unspecified atom stereocenters. The zero-order chi connectivity index (χ0) is 15.2. The molecule has 0 amide bonds. The molecule has 0 radical (unpaired) electrons. The van der Waals surface area contributed by atoms with Crippen LogP contribution in [0.25, 0.3) is 0 Å². The maximum atomic E-state index is 11.6. The Kier molecular flexibility index (Phi) is 5.27. The molecule has 0 aromatic heterocycles. The van der Waals surface area contributed by atoms with Gasteiger partial charge in [-0.25, -0.2) is 0 Å². The second-order valence-electron chi connectivity index (χ2n) is 4.72. The second kappa shape index (κ2) is 7.17. The van der Waals surface area contributed by atoms with Crippen LogP contribution in [0.3, 0.4) is 0 Å². The number of rotatable bonds is 5. The fraction of sp³-hybridized carbons (Fsp3) is 0.533. The molecule has 6 heteroatoms. The summed E-state index contributed by atoms with van der Waals surface area (Å²) in [5.74, 6) is 1.50. The average Bonchev–Trinajstić information content (AvgIpc) is 2.71. The number of carbonyl (C=O) groups excluding carboxylic acids is 1. The summed E-state index contributed by atoms with van der Waals surface area (Å²) in [6.07, 6.45) is 1.15. The standard InChI is InChI=1S/C15H21NO5/c1-3-19-15(17)11(16)7-10-8-13-14(9-12(10)18-2)21-6-4-5-20-13/h8-9,11H,3-7,16H2,1-2H3. The number of ether oxygens (including phenoxy) is 4. The third-order valence-electron chi connectivity index (χ3n) is 3.18. The Balaban J connectivity index is 2.22. The van der Waals surface area contributed by atoms with Crippen molar-refractivity contribution in [3.8, 4) is 17.2 Å². The van der Waals surface area contributed by atoms with E-state index in [0.717, 1.165) is 12.0 Å². The Morgan fingerprint density at radius 2 is 2.00 bits per heavy atom. The minimum atomic E-state index is -0.733. The van der Waals surface area contributed by atoms with Crippen LogP contribution in [0.4, 0.5) is 0 Å². The van der Waals surface area contributed by atoms with Gasteiger partial charge in [-0.15, -0.1) is 0 Å². The highest BCUT2D eigenvalue weighted by Gasteiger charge is 2.21. The van der Waals surface area contributed by atoms with Crippen molar-refractivity contribution in [3.05, 3.63) is 17.7 Å². The SMILES string of the molecule is CCOC(=O)C(N)Cc1cc2c(cc1OC)OCCCO2. The Bertz CT molecular complexity index is 503. The van der Waals surface area contributed by atoms with E-state index in [4.69, 9.17) is 24.7 Å². The van der Waals surface area contributed by atoms with Crippen molar-refractivity contribution >= 4 is 5.97 Å². The van der Waals surface area contributed by atoms with Gasteiger partial charge in [0.25, 0.3) is 0 Å². The number of hydrogen-bond acceptors (Lipinski definition) is 6. The molecular weight excluding hydrogens is 274 g/mol. The minimum absolute atomic E-state index is 0.310. The number of nitrogens with two attached hydrogens (primary N) is 1. The Labute approximate surface area is 124 Å². The monoisotopic (exact) mass is 295 g/mol. The van der Waals surface area contributed by atoms with E-state index in [1.165, 1.54) is 0 Å². The van der Waals surface area contributed by atoms with Gasteiger partial charge in [-0.2, -0.15) is 0 Å². The summed E-state index contributed by atoms with van der Waals surface area (Å²) in [4.78, 5) is 11.6. The van der Waals surface area contributed by atoms with Crippen LogP contribution in [0, 0.1) is 0 Å². The van der Waals surface area contributed by atoms with Gasteiger partial charge in [0.2, 0.25) is 0 Å². The van der Waals surface area contributed by atoms with E-state index in [2.05, 4.69) is 0 Å². The van der Waals surface area contributed by atoms with Crippen LogP contribution in [0.2, 0.25) is 0 Å². The van der Waals surface area contributed by atoms with Crippen LogP contribution < -0.4 is 19.9 Å². The fourth-order valence-corrected chi connectivity index (χ4v) is 2.15. The highest BCUT2D eigenvalue weighted by Crippen LogP contribution is 2.36. The summed E-state index contributed by atoms with van der Waals surface area (Å²) in [5, 5.41) is 0. The van der Waals surface area contributed by atoms with E-state index in [0.29, 0.717) is 43.5 Å². The largest absolute Gasteiger partial charge is 0.496 e. The van der Waals surface area contributed by atoms with Crippen LogP contribution in [0.1, 0.15) is 18.9 Å². The summed E-state index contributed by atoms with van der Waals surface area (Å²) in [5.41, 5.74) is 6.66. The van der Waals surface area contributed by atoms with Gasteiger partial charge in [0.05, 0.1) is 26.9 Å². The molecule has 116 valence electrons. The van der Waals surface area contributed by atoms with Crippen molar-refractivity contribution in [1.29, 1.82) is 0 Å².